The monoisotopic (exact) mass is 355 g/mol. The number of thiazole rings is 1. The summed E-state index contributed by atoms with van der Waals surface area (Å²) in [6, 6.07) is -0.155. The highest BCUT2D eigenvalue weighted by Gasteiger charge is 2.35. The van der Waals surface area contributed by atoms with Gasteiger partial charge in [-0.05, 0) is 27.7 Å². The van der Waals surface area contributed by atoms with Crippen molar-refractivity contribution in [1.82, 2.24) is 15.2 Å². The van der Waals surface area contributed by atoms with E-state index in [1.807, 2.05) is 0 Å². The molecular formula is C15H21N3O5S. The molecule has 1 aromatic rings. The minimum atomic E-state index is -0.546. The number of nitrogens with zero attached hydrogens (tertiary/aromatic N) is 2. The number of esters is 1. The number of aromatic nitrogens is 1. The lowest BCUT2D eigenvalue weighted by Crippen LogP contribution is -2.61. The van der Waals surface area contributed by atoms with Crippen LogP contribution in [0.3, 0.4) is 0 Å². The number of hydrogen-bond acceptors (Lipinski definition) is 7. The van der Waals surface area contributed by atoms with Gasteiger partial charge in [-0.15, -0.1) is 11.3 Å². The third-order valence-corrected chi connectivity index (χ3v) is 3.88. The van der Waals surface area contributed by atoms with Crippen molar-refractivity contribution in [3.8, 4) is 0 Å². The zero-order valence-corrected chi connectivity index (χ0v) is 14.9. The Morgan fingerprint density at radius 1 is 1.38 bits per heavy atom. The number of carbonyl (C=O) groups is 3. The third-order valence-electron chi connectivity index (χ3n) is 3.06. The van der Waals surface area contributed by atoms with E-state index >= 15 is 0 Å². The molecule has 24 heavy (non-hydrogen) atoms. The first kappa shape index (κ1) is 18.2. The molecule has 2 rings (SSSR count). The number of carbonyl (C=O) groups excluding carboxylic acids is 3. The first-order valence-corrected chi connectivity index (χ1v) is 8.49. The topological polar surface area (TPSA) is 97.8 Å². The molecule has 0 atom stereocenters. The number of rotatable bonds is 4. The second kappa shape index (κ2) is 7.16. The average Bonchev–Trinajstić information content (AvgIpc) is 2.90. The quantitative estimate of drug-likeness (QED) is 0.825. The number of hydrogen-bond donors (Lipinski definition) is 1. The lowest BCUT2D eigenvalue weighted by Gasteiger charge is -2.39. The van der Waals surface area contributed by atoms with Crippen molar-refractivity contribution in [1.29, 1.82) is 0 Å². The highest BCUT2D eigenvalue weighted by atomic mass is 32.1. The molecule has 0 saturated carbocycles. The van der Waals surface area contributed by atoms with Crippen molar-refractivity contribution in [3.63, 3.8) is 0 Å². The minimum Gasteiger partial charge on any atom is -0.461 e. The summed E-state index contributed by atoms with van der Waals surface area (Å²) in [5.74, 6) is -0.920. The Balaban J connectivity index is 1.81. The molecule has 0 aliphatic carbocycles. The Bertz CT molecular complexity index is 631. The lowest BCUT2D eigenvalue weighted by molar-refractivity contribution is 0.00529. The Morgan fingerprint density at radius 3 is 2.62 bits per heavy atom. The highest BCUT2D eigenvalue weighted by Crippen LogP contribution is 2.16. The van der Waals surface area contributed by atoms with Crippen molar-refractivity contribution < 1.29 is 23.9 Å². The molecule has 2 heterocycles. The number of ether oxygens (including phenoxy) is 2. The van der Waals surface area contributed by atoms with Gasteiger partial charge in [0.2, 0.25) is 5.01 Å². The summed E-state index contributed by atoms with van der Waals surface area (Å²) < 4.78 is 10.1. The molecule has 0 spiro atoms. The fourth-order valence-corrected chi connectivity index (χ4v) is 2.66. The van der Waals surface area contributed by atoms with E-state index in [2.05, 4.69) is 10.3 Å². The summed E-state index contributed by atoms with van der Waals surface area (Å²) in [7, 11) is 0. The predicted molar refractivity (Wildman–Crippen MR) is 87.1 cm³/mol. The van der Waals surface area contributed by atoms with Crippen LogP contribution in [0.4, 0.5) is 4.79 Å². The highest BCUT2D eigenvalue weighted by molar-refractivity contribution is 7.11. The fourth-order valence-electron chi connectivity index (χ4n) is 1.97. The van der Waals surface area contributed by atoms with E-state index in [0.717, 1.165) is 11.3 Å². The SMILES string of the molecule is CCOC(=O)c1nc(C(=O)NC2CN(C(=O)OC(C)(C)C)C2)cs1. The largest absolute Gasteiger partial charge is 0.461 e. The first-order valence-electron chi connectivity index (χ1n) is 7.61. The van der Waals surface area contributed by atoms with Crippen LogP contribution >= 0.6 is 11.3 Å². The minimum absolute atomic E-state index is 0.144. The summed E-state index contributed by atoms with van der Waals surface area (Å²) in [5, 5.41) is 4.42. The van der Waals surface area contributed by atoms with Crippen LogP contribution < -0.4 is 5.32 Å². The standard InChI is InChI=1S/C15H21N3O5S/c1-5-22-13(20)12-17-10(8-24-12)11(19)16-9-6-18(7-9)14(21)23-15(2,3)4/h8-9H,5-7H2,1-4H3,(H,16,19). The molecule has 9 heteroatoms. The van der Waals surface area contributed by atoms with Crippen LogP contribution in [0.15, 0.2) is 5.38 Å². The van der Waals surface area contributed by atoms with Crippen molar-refractivity contribution in [3.05, 3.63) is 16.1 Å². The van der Waals surface area contributed by atoms with E-state index < -0.39 is 17.7 Å². The molecule has 0 radical (unpaired) electrons. The van der Waals surface area contributed by atoms with Crippen molar-refractivity contribution in [2.45, 2.75) is 39.3 Å². The van der Waals surface area contributed by atoms with Gasteiger partial charge in [0, 0.05) is 18.5 Å². The van der Waals surface area contributed by atoms with Crippen molar-refractivity contribution >= 4 is 29.3 Å². The van der Waals surface area contributed by atoms with Gasteiger partial charge in [-0.1, -0.05) is 0 Å². The maximum atomic E-state index is 12.1. The van der Waals surface area contributed by atoms with Crippen LogP contribution in [0.2, 0.25) is 0 Å². The van der Waals surface area contributed by atoms with E-state index in [-0.39, 0.29) is 29.3 Å². The van der Waals surface area contributed by atoms with Gasteiger partial charge in [0.15, 0.2) is 0 Å². The molecule has 1 aliphatic rings. The van der Waals surface area contributed by atoms with Gasteiger partial charge in [-0.25, -0.2) is 14.6 Å². The number of amides is 2. The van der Waals surface area contributed by atoms with Gasteiger partial charge in [0.05, 0.1) is 12.6 Å². The smallest absolute Gasteiger partial charge is 0.410 e. The molecule has 1 aromatic heterocycles. The Kier molecular flexibility index (Phi) is 5.43. The van der Waals surface area contributed by atoms with Crippen LogP contribution in [0, 0.1) is 0 Å². The normalized spacial score (nSPS) is 14.8. The fraction of sp³-hybridized carbons (Fsp3) is 0.600. The predicted octanol–water partition coefficient (Wildman–Crippen LogP) is 1.67. The van der Waals surface area contributed by atoms with E-state index in [4.69, 9.17) is 9.47 Å². The molecule has 0 bridgehead atoms. The van der Waals surface area contributed by atoms with Crippen LogP contribution in [-0.4, -0.2) is 59.2 Å². The molecule has 1 fully saturated rings. The Hall–Kier alpha value is -2.16. The average molecular weight is 355 g/mol. The Morgan fingerprint density at radius 2 is 2.04 bits per heavy atom. The molecular weight excluding hydrogens is 334 g/mol. The summed E-state index contributed by atoms with van der Waals surface area (Å²) in [4.78, 5) is 40.9. The molecule has 1 aliphatic heterocycles. The second-order valence-corrected chi connectivity index (χ2v) is 7.17. The van der Waals surface area contributed by atoms with Crippen molar-refractivity contribution in [2.24, 2.45) is 0 Å². The van der Waals surface area contributed by atoms with Gasteiger partial charge in [-0.2, -0.15) is 0 Å². The van der Waals surface area contributed by atoms with E-state index in [1.165, 1.54) is 10.3 Å². The molecule has 1 saturated heterocycles. The zero-order chi connectivity index (χ0) is 17.9. The summed E-state index contributed by atoms with van der Waals surface area (Å²) >= 11 is 1.06. The summed E-state index contributed by atoms with van der Waals surface area (Å²) in [6.07, 6.45) is -0.397. The Labute approximate surface area is 144 Å². The zero-order valence-electron chi connectivity index (χ0n) is 14.1. The maximum absolute atomic E-state index is 12.1. The summed E-state index contributed by atoms with van der Waals surface area (Å²) in [6.45, 7) is 8.12. The molecule has 132 valence electrons. The number of likely N-dealkylation sites (tertiary alicyclic amines) is 1. The van der Waals surface area contributed by atoms with Crippen LogP contribution in [-0.2, 0) is 9.47 Å². The molecule has 1 N–H and O–H groups in total. The van der Waals surface area contributed by atoms with Gasteiger partial charge in [0.1, 0.15) is 11.3 Å². The van der Waals surface area contributed by atoms with E-state index in [9.17, 15) is 14.4 Å². The molecule has 8 nitrogen and oxygen atoms in total. The summed E-state index contributed by atoms with van der Waals surface area (Å²) in [5.41, 5.74) is -0.381. The maximum Gasteiger partial charge on any atom is 0.410 e. The van der Waals surface area contributed by atoms with Crippen LogP contribution in [0.5, 0.6) is 0 Å². The van der Waals surface area contributed by atoms with Gasteiger partial charge in [-0.3, -0.25) is 4.79 Å². The molecule has 0 unspecified atom stereocenters. The second-order valence-electron chi connectivity index (χ2n) is 6.31. The van der Waals surface area contributed by atoms with Crippen LogP contribution in [0.1, 0.15) is 48.0 Å². The van der Waals surface area contributed by atoms with Crippen LogP contribution in [0.25, 0.3) is 0 Å². The lowest BCUT2D eigenvalue weighted by atomic mass is 10.1. The van der Waals surface area contributed by atoms with Gasteiger partial charge in [0.25, 0.3) is 5.91 Å². The van der Waals surface area contributed by atoms with Gasteiger partial charge < -0.3 is 19.7 Å². The first-order chi connectivity index (χ1) is 11.2. The van der Waals surface area contributed by atoms with Gasteiger partial charge >= 0.3 is 12.1 Å². The van der Waals surface area contributed by atoms with Crippen molar-refractivity contribution in [2.75, 3.05) is 19.7 Å². The number of nitrogens with one attached hydrogen (secondary N) is 1. The molecule has 0 aromatic carbocycles. The van der Waals surface area contributed by atoms with E-state index in [0.29, 0.717) is 13.1 Å². The molecule has 2 amide bonds. The van der Waals surface area contributed by atoms with E-state index in [1.54, 1.807) is 27.7 Å². The third kappa shape index (κ3) is 4.67.